The third-order valence-electron chi connectivity index (χ3n) is 6.14. The van der Waals surface area contributed by atoms with Crippen molar-refractivity contribution in [2.24, 2.45) is 0 Å². The summed E-state index contributed by atoms with van der Waals surface area (Å²) in [6, 6.07) is 35.8. The highest BCUT2D eigenvalue weighted by Crippen LogP contribution is 2.36. The van der Waals surface area contributed by atoms with Crippen LogP contribution in [0.5, 0.6) is 0 Å². The molecule has 0 fully saturated rings. The summed E-state index contributed by atoms with van der Waals surface area (Å²) in [5.41, 5.74) is 11.2. The van der Waals surface area contributed by atoms with E-state index in [4.69, 9.17) is 9.97 Å². The van der Waals surface area contributed by atoms with E-state index < -0.39 is 0 Å². The van der Waals surface area contributed by atoms with Crippen LogP contribution in [0.25, 0.3) is 45.0 Å². The lowest BCUT2D eigenvalue weighted by Gasteiger charge is -2.17. The summed E-state index contributed by atoms with van der Waals surface area (Å²) in [4.78, 5) is 10.1. The summed E-state index contributed by atoms with van der Waals surface area (Å²) in [6.45, 7) is 6.46. The minimum absolute atomic E-state index is 0.746. The fraction of sp³-hybridized carbons (Fsp3) is 0.0968. The van der Waals surface area contributed by atoms with Gasteiger partial charge in [-0.15, -0.1) is 0 Å². The van der Waals surface area contributed by atoms with Crippen molar-refractivity contribution in [3.63, 3.8) is 0 Å². The van der Waals surface area contributed by atoms with Gasteiger partial charge in [-0.25, -0.2) is 9.97 Å². The Morgan fingerprint density at radius 1 is 0.455 bits per heavy atom. The van der Waals surface area contributed by atoms with Gasteiger partial charge in [-0.2, -0.15) is 0 Å². The van der Waals surface area contributed by atoms with Crippen molar-refractivity contribution in [2.75, 3.05) is 0 Å². The molecule has 0 saturated carbocycles. The molecule has 5 aromatic rings. The van der Waals surface area contributed by atoms with Crippen LogP contribution >= 0.6 is 0 Å². The molecule has 4 aromatic carbocycles. The van der Waals surface area contributed by atoms with Crippen LogP contribution in [0, 0.1) is 20.8 Å². The van der Waals surface area contributed by atoms with Crippen LogP contribution in [-0.2, 0) is 0 Å². The Balaban J connectivity index is 1.76. The summed E-state index contributed by atoms with van der Waals surface area (Å²) in [6.07, 6.45) is 0. The van der Waals surface area contributed by atoms with Crippen LogP contribution in [0.1, 0.15) is 16.7 Å². The molecule has 0 N–H and O–H groups in total. The first-order valence-electron chi connectivity index (χ1n) is 11.3. The van der Waals surface area contributed by atoms with Crippen molar-refractivity contribution in [3.05, 3.63) is 120 Å². The molecule has 0 radical (unpaired) electrons. The second kappa shape index (κ2) is 8.84. The average molecular weight is 427 g/mol. The van der Waals surface area contributed by atoms with Gasteiger partial charge < -0.3 is 0 Å². The highest BCUT2D eigenvalue weighted by Gasteiger charge is 2.18. The Morgan fingerprint density at radius 2 is 1.03 bits per heavy atom. The number of benzene rings is 4. The molecule has 0 spiro atoms. The van der Waals surface area contributed by atoms with Crippen LogP contribution in [0.3, 0.4) is 0 Å². The van der Waals surface area contributed by atoms with E-state index in [1.54, 1.807) is 0 Å². The molecule has 0 aliphatic carbocycles. The average Bonchev–Trinajstić information content (AvgIpc) is 2.86. The van der Waals surface area contributed by atoms with Gasteiger partial charge in [-0.3, -0.25) is 0 Å². The zero-order valence-electron chi connectivity index (χ0n) is 19.2. The summed E-state index contributed by atoms with van der Waals surface area (Å²) < 4.78 is 0. The van der Waals surface area contributed by atoms with E-state index in [1.165, 1.54) is 22.3 Å². The molecule has 1 heterocycles. The first-order chi connectivity index (χ1) is 16.1. The summed E-state index contributed by atoms with van der Waals surface area (Å²) in [5, 5.41) is 0. The van der Waals surface area contributed by atoms with E-state index >= 15 is 0 Å². The van der Waals surface area contributed by atoms with E-state index in [0.717, 1.165) is 39.5 Å². The van der Waals surface area contributed by atoms with E-state index in [0.29, 0.717) is 0 Å². The molecule has 0 bridgehead atoms. The van der Waals surface area contributed by atoms with Gasteiger partial charge in [0.05, 0.1) is 11.4 Å². The molecule has 0 unspecified atom stereocenters. The number of rotatable bonds is 4. The Kier molecular flexibility index (Phi) is 5.58. The second-order valence-electron chi connectivity index (χ2n) is 8.45. The molecular formula is C31H26N2. The molecule has 0 saturated heterocycles. The lowest BCUT2D eigenvalue weighted by atomic mass is 9.92. The fourth-order valence-corrected chi connectivity index (χ4v) is 4.39. The van der Waals surface area contributed by atoms with E-state index in [1.807, 2.05) is 24.3 Å². The van der Waals surface area contributed by atoms with Crippen LogP contribution in [0.15, 0.2) is 103 Å². The van der Waals surface area contributed by atoms with Gasteiger partial charge in [0.1, 0.15) is 0 Å². The van der Waals surface area contributed by atoms with Crippen molar-refractivity contribution < 1.29 is 0 Å². The fourth-order valence-electron chi connectivity index (χ4n) is 4.39. The number of hydrogen-bond acceptors (Lipinski definition) is 2. The van der Waals surface area contributed by atoms with Gasteiger partial charge >= 0.3 is 0 Å². The van der Waals surface area contributed by atoms with Crippen LogP contribution in [0.2, 0.25) is 0 Å². The number of aromatic nitrogens is 2. The maximum Gasteiger partial charge on any atom is 0.160 e. The predicted octanol–water partition coefficient (Wildman–Crippen LogP) is 8.07. The number of hydrogen-bond donors (Lipinski definition) is 0. The molecule has 1 aromatic heterocycles. The van der Waals surface area contributed by atoms with Gasteiger partial charge in [-0.1, -0.05) is 109 Å². The van der Waals surface area contributed by atoms with Crippen LogP contribution in [0.4, 0.5) is 0 Å². The molecular weight excluding hydrogens is 400 g/mol. The maximum atomic E-state index is 5.10. The molecule has 5 rings (SSSR count). The third kappa shape index (κ3) is 4.08. The lowest BCUT2D eigenvalue weighted by Crippen LogP contribution is -2.01. The normalized spacial score (nSPS) is 10.9. The molecule has 2 heteroatoms. The molecule has 33 heavy (non-hydrogen) atoms. The van der Waals surface area contributed by atoms with Crippen molar-refractivity contribution in [2.45, 2.75) is 20.8 Å². The topological polar surface area (TPSA) is 25.8 Å². The first kappa shape index (κ1) is 20.8. The largest absolute Gasteiger partial charge is 0.228 e. The number of nitrogens with zero attached hydrogens (tertiary/aromatic N) is 2. The molecule has 0 aliphatic heterocycles. The molecule has 0 amide bonds. The third-order valence-corrected chi connectivity index (χ3v) is 6.14. The number of aryl methyl sites for hydroxylation is 1. The smallest absolute Gasteiger partial charge is 0.160 e. The van der Waals surface area contributed by atoms with Gasteiger partial charge in [-0.05, 0) is 37.5 Å². The quantitative estimate of drug-likeness (QED) is 0.290. The molecule has 0 aliphatic rings. The van der Waals surface area contributed by atoms with Crippen molar-refractivity contribution in [3.8, 4) is 45.0 Å². The lowest BCUT2D eigenvalue weighted by molar-refractivity contribution is 1.14. The SMILES string of the molecule is Cc1cccc(-c2cccc(-c3nc(-c4ccccc4)nc(-c4ccccc4)c3C)c2C)c1. The highest BCUT2D eigenvalue weighted by molar-refractivity contribution is 5.82. The molecule has 160 valence electrons. The van der Waals surface area contributed by atoms with E-state index in [9.17, 15) is 0 Å². The Morgan fingerprint density at radius 3 is 1.73 bits per heavy atom. The zero-order chi connectivity index (χ0) is 22.8. The Labute approximate surface area is 195 Å². The second-order valence-corrected chi connectivity index (χ2v) is 8.45. The van der Waals surface area contributed by atoms with Gasteiger partial charge in [0.25, 0.3) is 0 Å². The first-order valence-corrected chi connectivity index (χ1v) is 11.3. The predicted molar refractivity (Wildman–Crippen MR) is 138 cm³/mol. The summed E-state index contributed by atoms with van der Waals surface area (Å²) in [5.74, 6) is 0.746. The van der Waals surface area contributed by atoms with Gasteiger partial charge in [0.2, 0.25) is 0 Å². The van der Waals surface area contributed by atoms with E-state index in [2.05, 4.69) is 99.6 Å². The minimum Gasteiger partial charge on any atom is -0.228 e. The van der Waals surface area contributed by atoms with Gasteiger partial charge in [0, 0.05) is 22.3 Å². The molecule has 0 atom stereocenters. The standard InChI is InChI=1S/C31H26N2/c1-21-12-10-17-26(20-21)27-18-11-19-28(22(27)2)30-23(3)29(24-13-6-4-7-14-24)32-31(33-30)25-15-8-5-9-16-25/h4-20H,1-3H3. The summed E-state index contributed by atoms with van der Waals surface area (Å²) >= 11 is 0. The highest BCUT2D eigenvalue weighted by atomic mass is 14.9. The Hall–Kier alpha value is -4.04. The Bertz CT molecular complexity index is 1420. The van der Waals surface area contributed by atoms with Crippen molar-refractivity contribution >= 4 is 0 Å². The van der Waals surface area contributed by atoms with Crippen molar-refractivity contribution in [1.82, 2.24) is 9.97 Å². The maximum absolute atomic E-state index is 5.10. The zero-order valence-corrected chi connectivity index (χ0v) is 19.2. The van der Waals surface area contributed by atoms with Crippen LogP contribution < -0.4 is 0 Å². The van der Waals surface area contributed by atoms with Gasteiger partial charge in [0.15, 0.2) is 5.82 Å². The molecule has 2 nitrogen and oxygen atoms in total. The van der Waals surface area contributed by atoms with E-state index in [-0.39, 0.29) is 0 Å². The van der Waals surface area contributed by atoms with Crippen LogP contribution in [-0.4, -0.2) is 9.97 Å². The monoisotopic (exact) mass is 426 g/mol. The summed E-state index contributed by atoms with van der Waals surface area (Å²) in [7, 11) is 0. The minimum atomic E-state index is 0.746. The van der Waals surface area contributed by atoms with Crippen molar-refractivity contribution in [1.29, 1.82) is 0 Å².